The first-order valence-corrected chi connectivity index (χ1v) is 5.56. The summed E-state index contributed by atoms with van der Waals surface area (Å²) in [4.78, 5) is 0. The number of hydrogen-bond donors (Lipinski definition) is 1. The molecule has 1 atom stereocenters. The standard InChI is InChI=1S/C12H23NO/c1-4-12(2,8-5-9-14-3)10-13-11-6-7-11/h4,11,13H,1,5-10H2,2-3H3. The van der Waals surface area contributed by atoms with Gasteiger partial charge in [0.2, 0.25) is 0 Å². The predicted molar refractivity (Wildman–Crippen MR) is 60.4 cm³/mol. The van der Waals surface area contributed by atoms with Crippen molar-refractivity contribution in [2.75, 3.05) is 20.3 Å². The van der Waals surface area contributed by atoms with E-state index in [2.05, 4.69) is 24.9 Å². The van der Waals surface area contributed by atoms with Gasteiger partial charge < -0.3 is 10.1 Å². The predicted octanol–water partition coefficient (Wildman–Crippen LogP) is 2.36. The molecule has 0 saturated heterocycles. The van der Waals surface area contributed by atoms with Crippen molar-refractivity contribution in [2.45, 2.75) is 38.6 Å². The Morgan fingerprint density at radius 3 is 2.79 bits per heavy atom. The summed E-state index contributed by atoms with van der Waals surface area (Å²) in [6, 6.07) is 0.789. The third-order valence-electron chi connectivity index (χ3n) is 2.96. The van der Waals surface area contributed by atoms with Crippen LogP contribution < -0.4 is 5.32 Å². The van der Waals surface area contributed by atoms with Crippen molar-refractivity contribution in [2.24, 2.45) is 5.41 Å². The molecule has 14 heavy (non-hydrogen) atoms. The molecule has 0 bridgehead atoms. The van der Waals surface area contributed by atoms with Crippen molar-refractivity contribution in [1.82, 2.24) is 5.32 Å². The molecule has 0 heterocycles. The highest BCUT2D eigenvalue weighted by atomic mass is 16.5. The van der Waals surface area contributed by atoms with Gasteiger partial charge in [0.15, 0.2) is 0 Å². The zero-order valence-corrected chi connectivity index (χ0v) is 9.51. The number of rotatable bonds is 8. The van der Waals surface area contributed by atoms with Crippen LogP contribution >= 0.6 is 0 Å². The van der Waals surface area contributed by atoms with Crippen molar-refractivity contribution in [3.63, 3.8) is 0 Å². The van der Waals surface area contributed by atoms with Crippen LogP contribution in [0, 0.1) is 5.41 Å². The molecule has 1 aliphatic rings. The normalized spacial score (nSPS) is 20.4. The Balaban J connectivity index is 2.19. The van der Waals surface area contributed by atoms with E-state index < -0.39 is 0 Å². The smallest absolute Gasteiger partial charge is 0.0462 e. The van der Waals surface area contributed by atoms with E-state index in [-0.39, 0.29) is 5.41 Å². The summed E-state index contributed by atoms with van der Waals surface area (Å²) in [7, 11) is 1.76. The van der Waals surface area contributed by atoms with Crippen molar-refractivity contribution in [3.05, 3.63) is 12.7 Å². The molecular weight excluding hydrogens is 174 g/mol. The Morgan fingerprint density at radius 2 is 2.29 bits per heavy atom. The summed E-state index contributed by atoms with van der Waals surface area (Å²) < 4.78 is 5.06. The lowest BCUT2D eigenvalue weighted by atomic mass is 9.85. The van der Waals surface area contributed by atoms with Crippen molar-refractivity contribution < 1.29 is 4.74 Å². The molecule has 1 aliphatic carbocycles. The maximum absolute atomic E-state index is 5.06. The van der Waals surface area contributed by atoms with Crippen LogP contribution in [0.1, 0.15) is 32.6 Å². The third-order valence-corrected chi connectivity index (χ3v) is 2.96. The topological polar surface area (TPSA) is 21.3 Å². The zero-order chi connectivity index (χ0) is 10.4. The fraction of sp³-hybridized carbons (Fsp3) is 0.833. The molecule has 82 valence electrons. The molecule has 0 aromatic carbocycles. The van der Waals surface area contributed by atoms with Gasteiger partial charge in [-0.2, -0.15) is 0 Å². The summed E-state index contributed by atoms with van der Waals surface area (Å²) >= 11 is 0. The van der Waals surface area contributed by atoms with Gasteiger partial charge in [0.05, 0.1) is 0 Å². The second kappa shape index (κ2) is 5.52. The monoisotopic (exact) mass is 197 g/mol. The van der Waals surface area contributed by atoms with Crippen LogP contribution in [0.15, 0.2) is 12.7 Å². The van der Waals surface area contributed by atoms with Crippen LogP contribution in [0.4, 0.5) is 0 Å². The summed E-state index contributed by atoms with van der Waals surface area (Å²) in [5.74, 6) is 0. The summed E-state index contributed by atoms with van der Waals surface area (Å²) in [6.45, 7) is 8.11. The molecule has 0 amide bonds. The van der Waals surface area contributed by atoms with Crippen LogP contribution in [-0.2, 0) is 4.74 Å². The Bertz CT molecular complexity index is 177. The van der Waals surface area contributed by atoms with E-state index in [0.29, 0.717) is 0 Å². The van der Waals surface area contributed by atoms with E-state index in [1.807, 2.05) is 0 Å². The second-order valence-electron chi connectivity index (χ2n) is 4.61. The molecule has 1 unspecified atom stereocenters. The first-order valence-electron chi connectivity index (χ1n) is 5.56. The van der Waals surface area contributed by atoms with Gasteiger partial charge in [-0.1, -0.05) is 13.0 Å². The van der Waals surface area contributed by atoms with Gasteiger partial charge in [-0.25, -0.2) is 0 Å². The van der Waals surface area contributed by atoms with E-state index in [4.69, 9.17) is 4.74 Å². The average Bonchev–Trinajstić information content (AvgIpc) is 2.99. The quantitative estimate of drug-likeness (QED) is 0.476. The molecule has 0 aliphatic heterocycles. The van der Waals surface area contributed by atoms with Crippen LogP contribution in [0.25, 0.3) is 0 Å². The van der Waals surface area contributed by atoms with Crippen LogP contribution in [0.5, 0.6) is 0 Å². The van der Waals surface area contributed by atoms with E-state index in [0.717, 1.165) is 32.0 Å². The molecular formula is C12H23NO. The van der Waals surface area contributed by atoms with Gasteiger partial charge in [-0.3, -0.25) is 0 Å². The molecule has 1 rings (SSSR count). The van der Waals surface area contributed by atoms with Crippen LogP contribution in [0.2, 0.25) is 0 Å². The molecule has 2 heteroatoms. The fourth-order valence-corrected chi connectivity index (χ4v) is 1.55. The van der Waals surface area contributed by atoms with Crippen LogP contribution in [0.3, 0.4) is 0 Å². The molecule has 2 nitrogen and oxygen atoms in total. The maximum Gasteiger partial charge on any atom is 0.0462 e. The largest absolute Gasteiger partial charge is 0.385 e. The lowest BCUT2D eigenvalue weighted by molar-refractivity contribution is 0.180. The Labute approximate surface area is 87.7 Å². The molecule has 1 N–H and O–H groups in total. The van der Waals surface area contributed by atoms with Crippen molar-refractivity contribution in [1.29, 1.82) is 0 Å². The van der Waals surface area contributed by atoms with Crippen molar-refractivity contribution >= 4 is 0 Å². The minimum atomic E-state index is 0.237. The van der Waals surface area contributed by atoms with E-state index in [9.17, 15) is 0 Å². The van der Waals surface area contributed by atoms with Gasteiger partial charge in [0.25, 0.3) is 0 Å². The Kier molecular flexibility index (Phi) is 4.63. The third kappa shape index (κ3) is 4.25. The summed E-state index contributed by atoms with van der Waals surface area (Å²) in [5, 5.41) is 3.56. The molecule has 0 radical (unpaired) electrons. The second-order valence-corrected chi connectivity index (χ2v) is 4.61. The van der Waals surface area contributed by atoms with Gasteiger partial charge in [0.1, 0.15) is 0 Å². The fourth-order valence-electron chi connectivity index (χ4n) is 1.55. The molecule has 0 aromatic rings. The molecule has 1 saturated carbocycles. The highest BCUT2D eigenvalue weighted by Crippen LogP contribution is 2.26. The first-order chi connectivity index (χ1) is 6.70. The minimum Gasteiger partial charge on any atom is -0.385 e. The van der Waals surface area contributed by atoms with Crippen LogP contribution in [-0.4, -0.2) is 26.3 Å². The summed E-state index contributed by atoms with van der Waals surface area (Å²) in [5.41, 5.74) is 0.237. The van der Waals surface area contributed by atoms with E-state index in [1.54, 1.807) is 7.11 Å². The van der Waals surface area contributed by atoms with Gasteiger partial charge in [-0.15, -0.1) is 6.58 Å². The highest BCUT2D eigenvalue weighted by molar-refractivity contribution is 4.95. The lowest BCUT2D eigenvalue weighted by Gasteiger charge is -2.26. The van der Waals surface area contributed by atoms with E-state index >= 15 is 0 Å². The molecule has 1 fully saturated rings. The minimum absolute atomic E-state index is 0.237. The number of ether oxygens (including phenoxy) is 1. The van der Waals surface area contributed by atoms with Gasteiger partial charge in [0, 0.05) is 26.3 Å². The molecule has 0 spiro atoms. The van der Waals surface area contributed by atoms with E-state index in [1.165, 1.54) is 12.8 Å². The highest BCUT2D eigenvalue weighted by Gasteiger charge is 2.25. The van der Waals surface area contributed by atoms with Crippen molar-refractivity contribution in [3.8, 4) is 0 Å². The number of methoxy groups -OCH3 is 1. The number of hydrogen-bond acceptors (Lipinski definition) is 2. The zero-order valence-electron chi connectivity index (χ0n) is 9.51. The maximum atomic E-state index is 5.06. The molecule has 0 aromatic heterocycles. The Morgan fingerprint density at radius 1 is 1.57 bits per heavy atom. The summed E-state index contributed by atoms with van der Waals surface area (Å²) in [6.07, 6.45) is 7.06. The number of nitrogens with one attached hydrogen (secondary N) is 1. The van der Waals surface area contributed by atoms with Gasteiger partial charge in [-0.05, 0) is 31.1 Å². The van der Waals surface area contributed by atoms with Gasteiger partial charge >= 0.3 is 0 Å². The SMILES string of the molecule is C=CC(C)(CCCOC)CNC1CC1. The Hall–Kier alpha value is -0.340. The average molecular weight is 197 g/mol. The first kappa shape index (κ1) is 11.7. The lowest BCUT2D eigenvalue weighted by Crippen LogP contribution is -2.31.